The molecule has 3 N–H and O–H groups in total. The SMILES string of the molecule is CNC(=O)c1sc(N(C)CCN(C)C)c(C#N)c1N. The third-order valence-corrected chi connectivity index (χ3v) is 4.02. The Labute approximate surface area is 117 Å². The maximum absolute atomic E-state index is 11.7. The van der Waals surface area contributed by atoms with Crippen molar-refractivity contribution in [3.8, 4) is 6.07 Å². The van der Waals surface area contributed by atoms with Crippen LogP contribution in [0.4, 0.5) is 10.7 Å². The minimum Gasteiger partial charge on any atom is -0.396 e. The number of hydrogen-bond acceptors (Lipinski definition) is 6. The van der Waals surface area contributed by atoms with E-state index in [0.29, 0.717) is 10.4 Å². The minimum absolute atomic E-state index is 0.258. The molecule has 104 valence electrons. The van der Waals surface area contributed by atoms with E-state index in [1.807, 2.05) is 26.0 Å². The number of amides is 1. The number of thiophene rings is 1. The van der Waals surface area contributed by atoms with Crippen molar-refractivity contribution in [3.63, 3.8) is 0 Å². The van der Waals surface area contributed by atoms with Gasteiger partial charge in [-0.2, -0.15) is 5.26 Å². The van der Waals surface area contributed by atoms with Gasteiger partial charge in [-0.3, -0.25) is 4.79 Å². The van der Waals surface area contributed by atoms with Gasteiger partial charge in [-0.15, -0.1) is 11.3 Å². The first-order valence-electron chi connectivity index (χ1n) is 5.82. The van der Waals surface area contributed by atoms with Crippen LogP contribution in [-0.2, 0) is 0 Å². The summed E-state index contributed by atoms with van der Waals surface area (Å²) < 4.78 is 0. The highest BCUT2D eigenvalue weighted by atomic mass is 32.1. The molecule has 0 saturated heterocycles. The zero-order valence-corrected chi connectivity index (χ0v) is 12.5. The van der Waals surface area contributed by atoms with Crippen LogP contribution in [0.15, 0.2) is 0 Å². The van der Waals surface area contributed by atoms with Gasteiger partial charge in [-0.05, 0) is 14.1 Å². The van der Waals surface area contributed by atoms with Gasteiger partial charge in [-0.25, -0.2) is 0 Å². The van der Waals surface area contributed by atoms with E-state index in [4.69, 9.17) is 5.73 Å². The number of nitrogens with one attached hydrogen (secondary N) is 1. The summed E-state index contributed by atoms with van der Waals surface area (Å²) in [5.41, 5.74) is 6.52. The largest absolute Gasteiger partial charge is 0.396 e. The van der Waals surface area contributed by atoms with Gasteiger partial charge in [-0.1, -0.05) is 0 Å². The molecule has 1 amide bonds. The average Bonchev–Trinajstić information content (AvgIpc) is 2.72. The lowest BCUT2D eigenvalue weighted by Gasteiger charge is -2.20. The summed E-state index contributed by atoms with van der Waals surface area (Å²) >= 11 is 1.25. The normalized spacial score (nSPS) is 10.3. The third-order valence-electron chi connectivity index (χ3n) is 2.70. The summed E-state index contributed by atoms with van der Waals surface area (Å²) in [5.74, 6) is -0.258. The predicted octanol–water partition coefficient (Wildman–Crippen LogP) is 0.559. The molecule has 0 aromatic carbocycles. The maximum atomic E-state index is 11.7. The first-order valence-corrected chi connectivity index (χ1v) is 6.64. The molecule has 0 unspecified atom stereocenters. The fraction of sp³-hybridized carbons (Fsp3) is 0.500. The zero-order chi connectivity index (χ0) is 14.6. The third kappa shape index (κ3) is 3.36. The van der Waals surface area contributed by atoms with Crippen LogP contribution in [0.2, 0.25) is 0 Å². The number of nitriles is 1. The molecule has 19 heavy (non-hydrogen) atoms. The molecule has 0 saturated carbocycles. The van der Waals surface area contributed by atoms with Crippen LogP contribution in [0.5, 0.6) is 0 Å². The predicted molar refractivity (Wildman–Crippen MR) is 78.7 cm³/mol. The van der Waals surface area contributed by atoms with Gasteiger partial charge in [0.1, 0.15) is 21.5 Å². The maximum Gasteiger partial charge on any atom is 0.263 e. The van der Waals surface area contributed by atoms with E-state index in [-0.39, 0.29) is 11.6 Å². The Morgan fingerprint density at radius 2 is 2.05 bits per heavy atom. The molecule has 7 heteroatoms. The Hall–Kier alpha value is -1.78. The van der Waals surface area contributed by atoms with E-state index >= 15 is 0 Å². The van der Waals surface area contributed by atoms with Crippen molar-refractivity contribution < 1.29 is 4.79 Å². The summed E-state index contributed by atoms with van der Waals surface area (Å²) in [6.07, 6.45) is 0. The first-order chi connectivity index (χ1) is 8.92. The lowest BCUT2D eigenvalue weighted by molar-refractivity contribution is 0.0968. The van der Waals surface area contributed by atoms with Crippen LogP contribution in [0.1, 0.15) is 15.2 Å². The molecule has 1 heterocycles. The van der Waals surface area contributed by atoms with Crippen LogP contribution < -0.4 is 16.0 Å². The number of nitrogens with two attached hydrogens (primary N) is 1. The van der Waals surface area contributed by atoms with E-state index < -0.39 is 0 Å². The molecule has 1 aromatic heterocycles. The van der Waals surface area contributed by atoms with E-state index in [1.165, 1.54) is 11.3 Å². The van der Waals surface area contributed by atoms with Crippen molar-refractivity contribution in [2.75, 3.05) is 51.9 Å². The van der Waals surface area contributed by atoms with Crippen LogP contribution in [-0.4, -0.2) is 52.1 Å². The smallest absolute Gasteiger partial charge is 0.263 e. The molecular weight excluding hydrogens is 262 g/mol. The summed E-state index contributed by atoms with van der Waals surface area (Å²) in [6, 6.07) is 2.08. The van der Waals surface area contributed by atoms with Gasteiger partial charge in [0.2, 0.25) is 0 Å². The molecule has 0 bridgehead atoms. The Morgan fingerprint density at radius 1 is 1.42 bits per heavy atom. The molecule has 1 aromatic rings. The molecular formula is C12H19N5OS. The second kappa shape index (κ2) is 6.41. The van der Waals surface area contributed by atoms with Gasteiger partial charge in [0, 0.05) is 27.2 Å². The average molecular weight is 281 g/mol. The van der Waals surface area contributed by atoms with Crippen molar-refractivity contribution in [2.24, 2.45) is 0 Å². The van der Waals surface area contributed by atoms with Gasteiger partial charge in [0.25, 0.3) is 5.91 Å². The Morgan fingerprint density at radius 3 is 2.53 bits per heavy atom. The Balaban J connectivity index is 3.07. The summed E-state index contributed by atoms with van der Waals surface area (Å²) in [6.45, 7) is 1.61. The van der Waals surface area contributed by atoms with E-state index in [2.05, 4.69) is 16.3 Å². The molecule has 0 aliphatic rings. The summed E-state index contributed by atoms with van der Waals surface area (Å²) in [7, 11) is 7.40. The first kappa shape index (κ1) is 15.3. The number of carbonyl (C=O) groups excluding carboxylic acids is 1. The number of nitrogen functional groups attached to an aromatic ring is 1. The minimum atomic E-state index is -0.258. The molecule has 0 fully saturated rings. The number of carbonyl (C=O) groups is 1. The van der Waals surface area contributed by atoms with Crippen LogP contribution in [0, 0.1) is 11.3 Å². The fourth-order valence-electron chi connectivity index (χ4n) is 1.54. The number of nitrogens with zero attached hydrogens (tertiary/aromatic N) is 3. The lowest BCUT2D eigenvalue weighted by Crippen LogP contribution is -2.28. The number of anilines is 2. The van der Waals surface area contributed by atoms with Crippen molar-refractivity contribution in [3.05, 3.63) is 10.4 Å². The molecule has 0 spiro atoms. The molecule has 0 radical (unpaired) electrons. The van der Waals surface area contributed by atoms with E-state index in [0.717, 1.165) is 18.1 Å². The topological polar surface area (TPSA) is 85.4 Å². The second-order valence-corrected chi connectivity index (χ2v) is 5.44. The summed E-state index contributed by atoms with van der Waals surface area (Å²) in [5, 5.41) is 12.5. The van der Waals surface area contributed by atoms with Gasteiger partial charge in [0.05, 0.1) is 5.69 Å². The Kier molecular flexibility index (Phi) is 5.15. The van der Waals surface area contributed by atoms with Crippen LogP contribution >= 0.6 is 11.3 Å². The number of likely N-dealkylation sites (N-methyl/N-ethyl adjacent to an activating group) is 2. The van der Waals surface area contributed by atoms with Gasteiger partial charge in [0.15, 0.2) is 0 Å². The highest BCUT2D eigenvalue weighted by molar-refractivity contribution is 7.19. The highest BCUT2D eigenvalue weighted by Gasteiger charge is 2.22. The van der Waals surface area contributed by atoms with E-state index in [9.17, 15) is 10.1 Å². The standard InChI is InChI=1S/C12H19N5OS/c1-15-11(18)10-9(14)8(7-13)12(19-10)17(4)6-5-16(2)3/h5-6,14H2,1-4H3,(H,15,18). The van der Waals surface area contributed by atoms with E-state index in [1.54, 1.807) is 7.05 Å². The van der Waals surface area contributed by atoms with Crippen LogP contribution in [0.3, 0.4) is 0 Å². The number of hydrogen-bond donors (Lipinski definition) is 2. The quantitative estimate of drug-likeness (QED) is 0.823. The molecule has 0 aliphatic heterocycles. The monoisotopic (exact) mass is 281 g/mol. The van der Waals surface area contributed by atoms with Gasteiger partial charge >= 0.3 is 0 Å². The highest BCUT2D eigenvalue weighted by Crippen LogP contribution is 2.37. The van der Waals surface area contributed by atoms with Crippen molar-refractivity contribution >= 4 is 27.9 Å². The van der Waals surface area contributed by atoms with Crippen LogP contribution in [0.25, 0.3) is 0 Å². The second-order valence-electron chi connectivity index (χ2n) is 4.44. The van der Waals surface area contributed by atoms with Crippen molar-refractivity contribution in [1.29, 1.82) is 5.26 Å². The van der Waals surface area contributed by atoms with Gasteiger partial charge < -0.3 is 20.9 Å². The zero-order valence-electron chi connectivity index (χ0n) is 11.6. The molecule has 6 nitrogen and oxygen atoms in total. The summed E-state index contributed by atoms with van der Waals surface area (Å²) in [4.78, 5) is 16.1. The number of rotatable bonds is 5. The lowest BCUT2D eigenvalue weighted by atomic mass is 10.2. The Bertz CT molecular complexity index is 503. The fourth-order valence-corrected chi connectivity index (χ4v) is 2.65. The molecule has 1 rings (SSSR count). The van der Waals surface area contributed by atoms with Crippen molar-refractivity contribution in [2.45, 2.75) is 0 Å². The molecule has 0 atom stereocenters. The molecule has 0 aliphatic carbocycles. The van der Waals surface area contributed by atoms with Crippen molar-refractivity contribution in [1.82, 2.24) is 10.2 Å².